The van der Waals surface area contributed by atoms with E-state index >= 15 is 0 Å². The Balaban J connectivity index is 3.89. The SMILES string of the molecule is C[Si](C)(C)N[Si](C)(C)CN. The monoisotopic (exact) mass is 176 g/mol. The van der Waals surface area contributed by atoms with E-state index in [2.05, 4.69) is 37.4 Å². The van der Waals surface area contributed by atoms with Crippen LogP contribution < -0.4 is 10.4 Å². The van der Waals surface area contributed by atoms with Crippen LogP contribution in [0.4, 0.5) is 0 Å². The molecule has 0 aromatic carbocycles. The van der Waals surface area contributed by atoms with Gasteiger partial charge in [-0.05, 0) is 0 Å². The lowest BCUT2D eigenvalue weighted by Crippen LogP contribution is -2.61. The molecule has 0 heterocycles. The maximum atomic E-state index is 5.63. The molecule has 2 nitrogen and oxygen atoms in total. The molecule has 0 aliphatic carbocycles. The summed E-state index contributed by atoms with van der Waals surface area (Å²) in [6, 6.07) is 0. The van der Waals surface area contributed by atoms with Crippen LogP contribution in [0.15, 0.2) is 0 Å². The van der Waals surface area contributed by atoms with E-state index < -0.39 is 16.5 Å². The second-order valence-corrected chi connectivity index (χ2v) is 14.1. The van der Waals surface area contributed by atoms with Crippen molar-refractivity contribution in [2.45, 2.75) is 32.7 Å². The van der Waals surface area contributed by atoms with Gasteiger partial charge in [-0.2, -0.15) is 0 Å². The van der Waals surface area contributed by atoms with Crippen molar-refractivity contribution >= 4 is 16.5 Å². The number of rotatable bonds is 3. The average molecular weight is 176 g/mol. The molecule has 0 aromatic rings. The van der Waals surface area contributed by atoms with Crippen molar-refractivity contribution < 1.29 is 0 Å². The van der Waals surface area contributed by atoms with E-state index in [0.717, 1.165) is 6.17 Å². The molecular weight excluding hydrogens is 156 g/mol. The Morgan fingerprint density at radius 2 is 1.50 bits per heavy atom. The van der Waals surface area contributed by atoms with Crippen molar-refractivity contribution in [3.05, 3.63) is 0 Å². The second kappa shape index (κ2) is 3.17. The predicted octanol–water partition coefficient (Wildman–Crippen LogP) is 1.11. The lowest BCUT2D eigenvalue weighted by Gasteiger charge is -2.30. The molecule has 0 aliphatic rings. The fourth-order valence-electron chi connectivity index (χ4n) is 1.07. The number of nitrogens with two attached hydrogens (primary N) is 1. The van der Waals surface area contributed by atoms with Crippen LogP contribution in [-0.2, 0) is 0 Å². The van der Waals surface area contributed by atoms with E-state index in [0.29, 0.717) is 0 Å². The zero-order valence-corrected chi connectivity index (χ0v) is 9.78. The highest BCUT2D eigenvalue weighted by atomic mass is 28.4. The molecule has 0 fully saturated rings. The van der Waals surface area contributed by atoms with Crippen molar-refractivity contribution in [2.24, 2.45) is 5.73 Å². The summed E-state index contributed by atoms with van der Waals surface area (Å²) in [6.07, 6.45) is 0.845. The summed E-state index contributed by atoms with van der Waals surface area (Å²) in [5.74, 6) is 0. The van der Waals surface area contributed by atoms with Crippen LogP contribution in [-0.4, -0.2) is 22.6 Å². The first-order valence-corrected chi connectivity index (χ1v) is 10.5. The standard InChI is InChI=1S/C6H20N2Si2/c1-9(2,3)8-10(4,5)6-7/h8H,6-7H2,1-5H3. The van der Waals surface area contributed by atoms with Gasteiger partial charge in [0.25, 0.3) is 0 Å². The number of hydrogen-bond donors (Lipinski definition) is 2. The molecule has 3 N–H and O–H groups in total. The third-order valence-electron chi connectivity index (χ3n) is 1.22. The molecule has 0 rings (SSSR count). The molecule has 0 spiro atoms. The van der Waals surface area contributed by atoms with E-state index in [4.69, 9.17) is 5.73 Å². The van der Waals surface area contributed by atoms with Gasteiger partial charge in [0.15, 0.2) is 0 Å². The van der Waals surface area contributed by atoms with Gasteiger partial charge in [0.2, 0.25) is 0 Å². The summed E-state index contributed by atoms with van der Waals surface area (Å²) in [5, 5.41) is 0. The zero-order chi connectivity index (χ0) is 8.41. The van der Waals surface area contributed by atoms with Crippen LogP contribution in [0.2, 0.25) is 32.7 Å². The van der Waals surface area contributed by atoms with Gasteiger partial charge >= 0.3 is 0 Å². The summed E-state index contributed by atoms with van der Waals surface area (Å²) in [6.45, 7) is 11.5. The minimum absolute atomic E-state index is 0.845. The first-order valence-electron chi connectivity index (χ1n) is 3.76. The molecule has 0 amide bonds. The summed E-state index contributed by atoms with van der Waals surface area (Å²) in [7, 11) is -2.31. The Bertz CT molecular complexity index is 107. The fraction of sp³-hybridized carbons (Fsp3) is 1.00. The summed E-state index contributed by atoms with van der Waals surface area (Å²) in [4.78, 5) is 0. The molecule has 0 atom stereocenters. The normalized spacial score (nSPS) is 13.8. The highest BCUT2D eigenvalue weighted by Gasteiger charge is 2.25. The Labute approximate surface area is 66.4 Å². The highest BCUT2D eigenvalue weighted by Crippen LogP contribution is 2.02. The van der Waals surface area contributed by atoms with E-state index in [1.54, 1.807) is 0 Å². The molecule has 0 unspecified atom stereocenters. The smallest absolute Gasteiger partial charge is 0.126 e. The molecule has 62 valence electrons. The lowest BCUT2D eigenvalue weighted by molar-refractivity contribution is 1.19. The third kappa shape index (κ3) is 5.16. The fourth-order valence-corrected chi connectivity index (χ4v) is 9.60. The van der Waals surface area contributed by atoms with Crippen LogP contribution in [0.1, 0.15) is 0 Å². The Morgan fingerprint density at radius 1 is 1.10 bits per heavy atom. The molecular formula is C6H20N2Si2. The molecule has 0 saturated carbocycles. The lowest BCUT2D eigenvalue weighted by atomic mass is 11.5. The topological polar surface area (TPSA) is 38.0 Å². The van der Waals surface area contributed by atoms with E-state index in [1.807, 2.05) is 0 Å². The van der Waals surface area contributed by atoms with Gasteiger partial charge in [-0.1, -0.05) is 32.7 Å². The summed E-state index contributed by atoms with van der Waals surface area (Å²) in [5.41, 5.74) is 5.63. The van der Waals surface area contributed by atoms with Crippen LogP contribution in [0.3, 0.4) is 0 Å². The van der Waals surface area contributed by atoms with Gasteiger partial charge in [-0.25, -0.2) is 0 Å². The largest absolute Gasteiger partial charge is 0.359 e. The zero-order valence-electron chi connectivity index (χ0n) is 7.78. The van der Waals surface area contributed by atoms with Crippen molar-refractivity contribution in [3.8, 4) is 0 Å². The highest BCUT2D eigenvalue weighted by molar-refractivity contribution is 6.90. The second-order valence-electron chi connectivity index (χ2n) is 4.46. The van der Waals surface area contributed by atoms with E-state index in [9.17, 15) is 0 Å². The minimum atomic E-state index is -1.22. The first-order chi connectivity index (χ1) is 4.27. The van der Waals surface area contributed by atoms with Gasteiger partial charge < -0.3 is 10.4 Å². The van der Waals surface area contributed by atoms with Gasteiger partial charge in [0, 0.05) is 6.17 Å². The van der Waals surface area contributed by atoms with E-state index in [1.165, 1.54) is 0 Å². The molecule has 4 heteroatoms. The minimum Gasteiger partial charge on any atom is -0.359 e. The predicted molar refractivity (Wildman–Crippen MR) is 53.0 cm³/mol. The van der Waals surface area contributed by atoms with Crippen LogP contribution in [0.25, 0.3) is 0 Å². The maximum Gasteiger partial charge on any atom is 0.126 e. The molecule has 0 bridgehead atoms. The molecule has 0 radical (unpaired) electrons. The first kappa shape index (κ1) is 10.4. The Kier molecular flexibility index (Phi) is 3.28. The molecule has 10 heavy (non-hydrogen) atoms. The molecule has 0 saturated heterocycles. The number of nitrogens with one attached hydrogen (secondary N) is 1. The summed E-state index contributed by atoms with van der Waals surface area (Å²) < 4.78 is 3.70. The third-order valence-corrected chi connectivity index (χ3v) is 7.95. The van der Waals surface area contributed by atoms with Crippen molar-refractivity contribution in [1.82, 2.24) is 4.65 Å². The van der Waals surface area contributed by atoms with Gasteiger partial charge in [0.1, 0.15) is 16.5 Å². The van der Waals surface area contributed by atoms with Crippen LogP contribution in [0.5, 0.6) is 0 Å². The van der Waals surface area contributed by atoms with E-state index in [-0.39, 0.29) is 0 Å². The maximum absolute atomic E-state index is 5.63. The van der Waals surface area contributed by atoms with Crippen molar-refractivity contribution in [2.75, 3.05) is 6.17 Å². The average Bonchev–Trinajstić information content (AvgIpc) is 1.60. The van der Waals surface area contributed by atoms with Gasteiger partial charge in [-0.3, -0.25) is 0 Å². The van der Waals surface area contributed by atoms with Crippen LogP contribution in [0, 0.1) is 0 Å². The number of hydrogen-bond acceptors (Lipinski definition) is 2. The van der Waals surface area contributed by atoms with Gasteiger partial charge in [0.05, 0.1) is 0 Å². The van der Waals surface area contributed by atoms with Crippen molar-refractivity contribution in [1.29, 1.82) is 0 Å². The summed E-state index contributed by atoms with van der Waals surface area (Å²) >= 11 is 0. The molecule has 0 aliphatic heterocycles. The quantitative estimate of drug-likeness (QED) is 0.632. The van der Waals surface area contributed by atoms with Gasteiger partial charge in [-0.15, -0.1) is 0 Å². The Morgan fingerprint density at radius 3 is 1.60 bits per heavy atom. The Hall–Kier alpha value is 0.354. The molecule has 0 aromatic heterocycles. The van der Waals surface area contributed by atoms with Crippen molar-refractivity contribution in [3.63, 3.8) is 0 Å². The van der Waals surface area contributed by atoms with Crippen LogP contribution >= 0.6 is 0 Å².